The maximum absolute atomic E-state index is 13.8. The van der Waals surface area contributed by atoms with Gasteiger partial charge in [-0.25, -0.2) is 4.79 Å². The zero-order chi connectivity index (χ0) is 47.4. The van der Waals surface area contributed by atoms with E-state index >= 15 is 0 Å². The zero-order valence-electron chi connectivity index (χ0n) is 35.3. The SMILES string of the molecule is CC(C)[C@H](NC(=O)[C@H](CCCCN)NC(=O)[C@H](C)NC(=O)[C@@H](N)CCC(N)=O)C(=O)N[C@@H](CC(=O)O)C(=O)N[C@@H](Cc1ccc(O)cc1)C(=O)N[C@@H](Cc1ccc(O)cc1)C(=O)O. The first-order valence-electron chi connectivity index (χ1n) is 20.2. The quantitative estimate of drug-likeness (QED) is 0.0422. The van der Waals surface area contributed by atoms with Gasteiger partial charge in [0, 0.05) is 19.3 Å². The molecule has 0 aromatic heterocycles. The molecule has 22 nitrogen and oxygen atoms in total. The maximum atomic E-state index is 13.8. The fourth-order valence-corrected chi connectivity index (χ4v) is 6.00. The molecule has 0 bridgehead atoms. The summed E-state index contributed by atoms with van der Waals surface area (Å²) in [6, 6.07) is 1.13. The molecule has 22 heteroatoms. The number of unbranched alkanes of at least 4 members (excludes halogenated alkanes) is 1. The molecule has 0 saturated carbocycles. The molecule has 7 atom stereocenters. The Hall–Kier alpha value is -6.81. The second-order valence-corrected chi connectivity index (χ2v) is 15.3. The number of rotatable bonds is 27. The number of carbonyl (C=O) groups is 9. The Morgan fingerprint density at radius 3 is 1.54 bits per heavy atom. The van der Waals surface area contributed by atoms with Gasteiger partial charge in [0.15, 0.2) is 0 Å². The normalized spacial score (nSPS) is 14.3. The number of nitrogens with one attached hydrogen (secondary N) is 6. The summed E-state index contributed by atoms with van der Waals surface area (Å²) in [6.45, 7) is 4.70. The second kappa shape index (κ2) is 25.8. The first kappa shape index (κ1) is 52.3. The molecule has 0 aliphatic rings. The number of carboxylic acid groups (broad SMARTS) is 2. The Morgan fingerprint density at radius 1 is 0.571 bits per heavy atom. The fraction of sp³-hybridized carbons (Fsp3) is 0.488. The third-order valence-electron chi connectivity index (χ3n) is 9.63. The minimum atomic E-state index is -1.84. The average Bonchev–Trinajstić information content (AvgIpc) is 3.21. The number of carboxylic acids is 2. The van der Waals surface area contributed by atoms with E-state index in [-0.39, 0.29) is 50.1 Å². The van der Waals surface area contributed by atoms with Crippen LogP contribution in [0.2, 0.25) is 0 Å². The average molecular weight is 886 g/mol. The van der Waals surface area contributed by atoms with Gasteiger partial charge < -0.3 is 69.5 Å². The van der Waals surface area contributed by atoms with Gasteiger partial charge in [0.05, 0.1) is 12.5 Å². The molecule has 0 fully saturated rings. The second-order valence-electron chi connectivity index (χ2n) is 15.3. The summed E-state index contributed by atoms with van der Waals surface area (Å²) in [5.41, 5.74) is 17.4. The number of aliphatic carboxylic acids is 2. The van der Waals surface area contributed by atoms with Crippen LogP contribution in [0, 0.1) is 5.92 Å². The van der Waals surface area contributed by atoms with E-state index in [0.29, 0.717) is 24.0 Å². The predicted octanol–water partition coefficient (Wildman–Crippen LogP) is -2.25. The summed E-state index contributed by atoms with van der Waals surface area (Å²) in [6.07, 6.45) is -0.853. The summed E-state index contributed by atoms with van der Waals surface area (Å²) in [5.74, 6) is -10.0. The van der Waals surface area contributed by atoms with Crippen molar-refractivity contribution in [1.29, 1.82) is 0 Å². The van der Waals surface area contributed by atoms with Crippen LogP contribution in [0.4, 0.5) is 0 Å². The third kappa shape index (κ3) is 18.8. The Labute approximate surface area is 363 Å². The van der Waals surface area contributed by atoms with Gasteiger partial charge in [-0.15, -0.1) is 0 Å². The Morgan fingerprint density at radius 2 is 1.05 bits per heavy atom. The number of hydrogen-bond donors (Lipinski definition) is 13. The molecule has 2 rings (SSSR count). The highest BCUT2D eigenvalue weighted by molar-refractivity contribution is 5.98. The number of primary amides is 1. The third-order valence-corrected chi connectivity index (χ3v) is 9.63. The number of hydrogen-bond acceptors (Lipinski definition) is 13. The smallest absolute Gasteiger partial charge is 0.326 e. The van der Waals surface area contributed by atoms with Crippen molar-refractivity contribution >= 4 is 53.3 Å². The topological polar surface area (TPSA) is 385 Å². The van der Waals surface area contributed by atoms with Crippen LogP contribution in [0.1, 0.15) is 70.4 Å². The van der Waals surface area contributed by atoms with Crippen molar-refractivity contribution in [3.8, 4) is 11.5 Å². The number of amides is 7. The molecular weight excluding hydrogens is 827 g/mol. The van der Waals surface area contributed by atoms with Gasteiger partial charge in [0.2, 0.25) is 41.4 Å². The highest BCUT2D eigenvalue weighted by Gasteiger charge is 2.35. The number of nitrogens with two attached hydrogens (primary N) is 3. The molecule has 0 aliphatic carbocycles. The van der Waals surface area contributed by atoms with E-state index in [2.05, 4.69) is 31.9 Å². The molecule has 2 aromatic carbocycles. The summed E-state index contributed by atoms with van der Waals surface area (Å²) in [4.78, 5) is 116. The minimum Gasteiger partial charge on any atom is -0.508 e. The van der Waals surface area contributed by atoms with Crippen LogP contribution in [0.3, 0.4) is 0 Å². The van der Waals surface area contributed by atoms with Crippen LogP contribution < -0.4 is 49.1 Å². The molecule has 346 valence electrons. The van der Waals surface area contributed by atoms with E-state index in [0.717, 1.165) is 0 Å². The van der Waals surface area contributed by atoms with E-state index in [1.165, 1.54) is 55.5 Å². The van der Waals surface area contributed by atoms with Crippen LogP contribution in [0.25, 0.3) is 0 Å². The lowest BCUT2D eigenvalue weighted by atomic mass is 10.00. The lowest BCUT2D eigenvalue weighted by molar-refractivity contribution is -0.143. The number of phenolic OH excluding ortho intramolecular Hbond substituents is 2. The van der Waals surface area contributed by atoms with Crippen molar-refractivity contribution in [3.63, 3.8) is 0 Å². The predicted molar refractivity (Wildman–Crippen MR) is 225 cm³/mol. The molecule has 0 heterocycles. The van der Waals surface area contributed by atoms with E-state index in [1.54, 1.807) is 13.8 Å². The van der Waals surface area contributed by atoms with Gasteiger partial charge in [0.1, 0.15) is 47.8 Å². The van der Waals surface area contributed by atoms with Gasteiger partial charge in [-0.2, -0.15) is 0 Å². The number of phenols is 2. The lowest BCUT2D eigenvalue weighted by Crippen LogP contribution is -2.61. The van der Waals surface area contributed by atoms with E-state index in [9.17, 15) is 63.6 Å². The van der Waals surface area contributed by atoms with Crippen molar-refractivity contribution < 1.29 is 63.6 Å². The van der Waals surface area contributed by atoms with Crippen molar-refractivity contribution in [2.24, 2.45) is 23.1 Å². The highest BCUT2D eigenvalue weighted by atomic mass is 16.4. The molecule has 0 unspecified atom stereocenters. The van der Waals surface area contributed by atoms with Crippen LogP contribution in [0.15, 0.2) is 48.5 Å². The Balaban J connectivity index is 2.31. The van der Waals surface area contributed by atoms with Gasteiger partial charge in [0.25, 0.3) is 0 Å². The highest BCUT2D eigenvalue weighted by Crippen LogP contribution is 2.15. The first-order valence-corrected chi connectivity index (χ1v) is 20.2. The van der Waals surface area contributed by atoms with Crippen molar-refractivity contribution in [1.82, 2.24) is 31.9 Å². The summed E-state index contributed by atoms with van der Waals surface area (Å²) in [5, 5.41) is 53.6. The summed E-state index contributed by atoms with van der Waals surface area (Å²) in [7, 11) is 0. The van der Waals surface area contributed by atoms with Crippen LogP contribution in [-0.2, 0) is 56.0 Å². The molecule has 7 amide bonds. The van der Waals surface area contributed by atoms with Gasteiger partial charge in [-0.3, -0.25) is 38.4 Å². The summed E-state index contributed by atoms with van der Waals surface area (Å²) < 4.78 is 0. The van der Waals surface area contributed by atoms with Crippen molar-refractivity contribution in [2.75, 3.05) is 6.54 Å². The lowest BCUT2D eigenvalue weighted by Gasteiger charge is -2.28. The minimum absolute atomic E-state index is 0.0478. The van der Waals surface area contributed by atoms with Gasteiger partial charge >= 0.3 is 11.9 Å². The van der Waals surface area contributed by atoms with E-state index < -0.39 is 108 Å². The number of benzene rings is 2. The standard InChI is InChI=1S/C41H59N9O13/c1-21(2)34(50-37(58)28(6-4-5-17-42)46-35(56)22(3)45-36(57)27(43)15-16-32(44)53)40(61)48-30(20-33(54)55)39(60)47-29(18-23-7-11-25(51)12-8-23)38(59)49-31(41(62)63)19-24-9-13-26(52)14-10-24/h7-14,21-22,27-31,34,51-52H,4-6,15-20,42-43H2,1-3H3,(H2,44,53)(H,45,57)(H,46,56)(H,47,60)(H,48,61)(H,49,59)(H,50,58)(H,54,55)(H,62,63)/t22-,27-,28-,29-,30-,31-,34-/m0/s1. The van der Waals surface area contributed by atoms with Crippen LogP contribution in [0.5, 0.6) is 11.5 Å². The van der Waals surface area contributed by atoms with Gasteiger partial charge in [-0.1, -0.05) is 38.1 Å². The molecule has 63 heavy (non-hydrogen) atoms. The molecule has 2 aromatic rings. The largest absolute Gasteiger partial charge is 0.508 e. The van der Waals surface area contributed by atoms with Crippen molar-refractivity contribution in [3.05, 3.63) is 59.7 Å². The molecule has 0 radical (unpaired) electrons. The number of aromatic hydroxyl groups is 2. The molecule has 0 spiro atoms. The maximum Gasteiger partial charge on any atom is 0.326 e. The van der Waals surface area contributed by atoms with Crippen LogP contribution >= 0.6 is 0 Å². The molecular formula is C41H59N9O13. The zero-order valence-corrected chi connectivity index (χ0v) is 35.3. The van der Waals surface area contributed by atoms with E-state index in [1.807, 2.05) is 0 Å². The van der Waals surface area contributed by atoms with Gasteiger partial charge in [-0.05, 0) is 80.5 Å². The fourth-order valence-electron chi connectivity index (χ4n) is 6.00. The Bertz CT molecular complexity index is 1910. The molecule has 0 aliphatic heterocycles. The molecule has 0 saturated heterocycles. The monoisotopic (exact) mass is 885 g/mol. The molecule has 16 N–H and O–H groups in total. The van der Waals surface area contributed by atoms with Crippen LogP contribution in [-0.4, -0.2) is 123 Å². The number of carbonyl (C=O) groups excluding carboxylic acids is 7. The first-order chi connectivity index (χ1) is 29.6. The van der Waals surface area contributed by atoms with Crippen molar-refractivity contribution in [2.45, 2.75) is 114 Å². The summed E-state index contributed by atoms with van der Waals surface area (Å²) >= 11 is 0. The Kier molecular flexibility index (Phi) is 21.5. The van der Waals surface area contributed by atoms with E-state index in [4.69, 9.17) is 17.2 Å².